The van der Waals surface area contributed by atoms with Crippen molar-refractivity contribution in [1.29, 1.82) is 0 Å². The van der Waals surface area contributed by atoms with E-state index >= 15 is 0 Å². The lowest BCUT2D eigenvalue weighted by atomic mass is 9.90. The lowest BCUT2D eigenvalue weighted by Crippen LogP contribution is -2.57. The number of rotatable bonds is 9. The highest BCUT2D eigenvalue weighted by atomic mass is 16.5. The first kappa shape index (κ1) is 25.2. The Morgan fingerprint density at radius 2 is 1.82 bits per heavy atom. The Labute approximate surface area is 196 Å². The number of ketones is 1. The van der Waals surface area contributed by atoms with Gasteiger partial charge in [-0.25, -0.2) is 0 Å². The third kappa shape index (κ3) is 7.01. The Morgan fingerprint density at radius 1 is 1.12 bits per heavy atom. The van der Waals surface area contributed by atoms with Gasteiger partial charge >= 0.3 is 0 Å². The van der Waals surface area contributed by atoms with Gasteiger partial charge in [0.25, 0.3) is 5.91 Å². The minimum absolute atomic E-state index is 0.0157. The molecule has 8 heteroatoms. The van der Waals surface area contributed by atoms with Crippen LogP contribution in [0.25, 0.3) is 0 Å². The molecule has 2 N–H and O–H groups in total. The number of carbonyl (C=O) groups excluding carboxylic acids is 3. The summed E-state index contributed by atoms with van der Waals surface area (Å²) in [6, 6.07) is 6.13. The summed E-state index contributed by atoms with van der Waals surface area (Å²) in [6.45, 7) is 9.57. The van der Waals surface area contributed by atoms with Crippen molar-refractivity contribution < 1.29 is 23.9 Å². The van der Waals surface area contributed by atoms with Crippen molar-refractivity contribution in [3.05, 3.63) is 29.8 Å². The molecule has 0 aromatic heterocycles. The van der Waals surface area contributed by atoms with E-state index in [0.717, 1.165) is 31.6 Å². The summed E-state index contributed by atoms with van der Waals surface area (Å²) in [4.78, 5) is 40.7. The number of anilines is 1. The third-order valence-corrected chi connectivity index (χ3v) is 6.19. The molecule has 2 heterocycles. The van der Waals surface area contributed by atoms with Crippen LogP contribution < -0.4 is 15.5 Å². The quantitative estimate of drug-likeness (QED) is 0.588. The van der Waals surface area contributed by atoms with E-state index in [2.05, 4.69) is 15.5 Å². The molecule has 0 saturated carbocycles. The van der Waals surface area contributed by atoms with Gasteiger partial charge in [0.2, 0.25) is 5.91 Å². The number of hydrogen-bond acceptors (Lipinski definition) is 6. The number of ether oxygens (including phenoxy) is 2. The summed E-state index contributed by atoms with van der Waals surface area (Å²) in [5.74, 6) is -0.567. The van der Waals surface area contributed by atoms with Crippen LogP contribution >= 0.6 is 0 Å². The molecule has 1 aromatic rings. The molecule has 2 saturated heterocycles. The molecule has 33 heavy (non-hydrogen) atoms. The van der Waals surface area contributed by atoms with Crippen molar-refractivity contribution in [3.8, 4) is 0 Å². The second kappa shape index (κ2) is 12.1. The van der Waals surface area contributed by atoms with Crippen LogP contribution in [0.4, 0.5) is 5.69 Å². The number of nitrogens with zero attached hydrogens (tertiary/aromatic N) is 1. The molecule has 2 fully saturated rings. The molecule has 0 bridgehead atoms. The number of morpholine rings is 1. The highest BCUT2D eigenvalue weighted by molar-refractivity contribution is 5.99. The second-order valence-corrected chi connectivity index (χ2v) is 9.32. The van der Waals surface area contributed by atoms with Crippen LogP contribution in [0.2, 0.25) is 0 Å². The van der Waals surface area contributed by atoms with E-state index in [-0.39, 0.29) is 36.0 Å². The number of benzene rings is 1. The normalized spacial score (nSPS) is 22.2. The van der Waals surface area contributed by atoms with Crippen molar-refractivity contribution in [1.82, 2.24) is 10.6 Å². The molecule has 3 rings (SSSR count). The number of amides is 2. The molecule has 1 unspecified atom stereocenters. The average molecular weight is 460 g/mol. The van der Waals surface area contributed by atoms with E-state index in [9.17, 15) is 14.4 Å². The molecule has 0 spiro atoms. The SMILES string of the molecule is CCCC1COCC(=O)[C@H]1NC(=O)[C@H](CC(C)C)NC(=O)c1ccc(N2CCOCC2)cc1. The predicted molar refractivity (Wildman–Crippen MR) is 126 cm³/mol. The second-order valence-electron chi connectivity index (χ2n) is 9.32. The Kier molecular flexibility index (Phi) is 9.26. The maximum Gasteiger partial charge on any atom is 0.251 e. The number of carbonyl (C=O) groups is 3. The van der Waals surface area contributed by atoms with Crippen molar-refractivity contribution in [2.24, 2.45) is 11.8 Å². The van der Waals surface area contributed by atoms with Crippen LogP contribution in [0, 0.1) is 11.8 Å². The smallest absolute Gasteiger partial charge is 0.251 e. The van der Waals surface area contributed by atoms with Crippen LogP contribution in [0.15, 0.2) is 24.3 Å². The zero-order valence-electron chi connectivity index (χ0n) is 20.0. The highest BCUT2D eigenvalue weighted by Gasteiger charge is 2.35. The van der Waals surface area contributed by atoms with Gasteiger partial charge in [-0.1, -0.05) is 27.2 Å². The zero-order chi connectivity index (χ0) is 23.8. The molecular weight excluding hydrogens is 422 g/mol. The van der Waals surface area contributed by atoms with Gasteiger partial charge in [0.15, 0.2) is 5.78 Å². The van der Waals surface area contributed by atoms with Crippen LogP contribution in [0.3, 0.4) is 0 Å². The van der Waals surface area contributed by atoms with E-state index in [4.69, 9.17) is 9.47 Å². The summed E-state index contributed by atoms with van der Waals surface area (Å²) in [5, 5.41) is 5.80. The summed E-state index contributed by atoms with van der Waals surface area (Å²) in [7, 11) is 0. The first-order valence-corrected chi connectivity index (χ1v) is 12.0. The third-order valence-electron chi connectivity index (χ3n) is 6.19. The Balaban J connectivity index is 1.65. The minimum atomic E-state index is -0.714. The first-order chi connectivity index (χ1) is 15.9. The maximum absolute atomic E-state index is 13.1. The Bertz CT molecular complexity index is 803. The van der Waals surface area contributed by atoms with E-state index in [1.807, 2.05) is 32.9 Å². The predicted octanol–water partition coefficient (Wildman–Crippen LogP) is 2.17. The lowest BCUT2D eigenvalue weighted by Gasteiger charge is -2.32. The van der Waals surface area contributed by atoms with Crippen LogP contribution in [-0.4, -0.2) is 69.2 Å². The maximum atomic E-state index is 13.1. The fourth-order valence-corrected chi connectivity index (χ4v) is 4.42. The van der Waals surface area contributed by atoms with E-state index in [0.29, 0.717) is 31.8 Å². The average Bonchev–Trinajstić information content (AvgIpc) is 2.81. The molecular formula is C25H37N3O5. The molecule has 3 atom stereocenters. The van der Waals surface area contributed by atoms with Crippen molar-refractivity contribution in [3.63, 3.8) is 0 Å². The standard InChI is InChI=1S/C25H37N3O5/c1-4-5-19-15-33-16-22(29)23(19)27-25(31)21(14-17(2)3)26-24(30)18-6-8-20(9-7-18)28-10-12-32-13-11-28/h6-9,17,19,21,23H,4-5,10-16H2,1-3H3,(H,26,30)(H,27,31)/t19?,21-,23-/m0/s1. The van der Waals surface area contributed by atoms with Gasteiger partial charge in [-0.3, -0.25) is 14.4 Å². The van der Waals surface area contributed by atoms with Gasteiger partial charge in [0, 0.05) is 30.3 Å². The lowest BCUT2D eigenvalue weighted by molar-refractivity contribution is -0.138. The van der Waals surface area contributed by atoms with Gasteiger partial charge in [0.05, 0.1) is 25.9 Å². The fourth-order valence-electron chi connectivity index (χ4n) is 4.42. The van der Waals surface area contributed by atoms with E-state index < -0.39 is 12.1 Å². The minimum Gasteiger partial charge on any atom is -0.378 e. The van der Waals surface area contributed by atoms with Crippen molar-refractivity contribution >= 4 is 23.3 Å². The molecule has 1 aromatic carbocycles. The molecule has 0 radical (unpaired) electrons. The topological polar surface area (TPSA) is 97.0 Å². The molecule has 2 aliphatic rings. The summed E-state index contributed by atoms with van der Waals surface area (Å²) in [6.07, 6.45) is 2.19. The summed E-state index contributed by atoms with van der Waals surface area (Å²) in [5.41, 5.74) is 1.55. The van der Waals surface area contributed by atoms with Gasteiger partial charge in [-0.15, -0.1) is 0 Å². The van der Waals surface area contributed by atoms with Crippen LogP contribution in [0.5, 0.6) is 0 Å². The number of hydrogen-bond donors (Lipinski definition) is 2. The number of Topliss-reactive ketones (excluding diaryl/α,β-unsaturated/α-hetero) is 1. The van der Waals surface area contributed by atoms with E-state index in [1.165, 1.54) is 0 Å². The molecule has 2 aliphatic heterocycles. The van der Waals surface area contributed by atoms with E-state index in [1.54, 1.807) is 12.1 Å². The van der Waals surface area contributed by atoms with Crippen LogP contribution in [-0.2, 0) is 19.1 Å². The monoisotopic (exact) mass is 459 g/mol. The number of nitrogens with one attached hydrogen (secondary N) is 2. The molecule has 0 aliphatic carbocycles. The van der Waals surface area contributed by atoms with Crippen molar-refractivity contribution in [2.75, 3.05) is 44.4 Å². The largest absolute Gasteiger partial charge is 0.378 e. The summed E-state index contributed by atoms with van der Waals surface area (Å²) < 4.78 is 10.8. The van der Waals surface area contributed by atoms with Gasteiger partial charge < -0.3 is 25.0 Å². The van der Waals surface area contributed by atoms with Gasteiger partial charge in [-0.05, 0) is 43.0 Å². The zero-order valence-corrected chi connectivity index (χ0v) is 20.0. The fraction of sp³-hybridized carbons (Fsp3) is 0.640. The molecule has 182 valence electrons. The Morgan fingerprint density at radius 3 is 2.45 bits per heavy atom. The molecule has 2 amide bonds. The summed E-state index contributed by atoms with van der Waals surface area (Å²) >= 11 is 0. The highest BCUT2D eigenvalue weighted by Crippen LogP contribution is 2.19. The van der Waals surface area contributed by atoms with Crippen LogP contribution in [0.1, 0.15) is 50.4 Å². The van der Waals surface area contributed by atoms with Crippen molar-refractivity contribution in [2.45, 2.75) is 52.1 Å². The molecule has 8 nitrogen and oxygen atoms in total. The first-order valence-electron chi connectivity index (χ1n) is 12.0. The van der Waals surface area contributed by atoms with Gasteiger partial charge in [-0.2, -0.15) is 0 Å². The van der Waals surface area contributed by atoms with Gasteiger partial charge in [0.1, 0.15) is 12.6 Å². The Hall–Kier alpha value is -2.45.